The Kier molecular flexibility index (Phi) is 6.35. The van der Waals surface area contributed by atoms with Crippen molar-refractivity contribution in [2.45, 2.75) is 31.3 Å². The monoisotopic (exact) mass is 479 g/mol. The Bertz CT molecular complexity index is 1300. The van der Waals surface area contributed by atoms with Gasteiger partial charge in [-0.25, -0.2) is 17.8 Å². The summed E-state index contributed by atoms with van der Waals surface area (Å²) in [6.45, 7) is 5.54. The molecule has 7 nitrogen and oxygen atoms in total. The quantitative estimate of drug-likeness (QED) is 0.572. The summed E-state index contributed by atoms with van der Waals surface area (Å²) in [6, 6.07) is 6.80. The van der Waals surface area contributed by atoms with Crippen molar-refractivity contribution in [2.24, 2.45) is 7.05 Å². The zero-order valence-corrected chi connectivity index (χ0v) is 19.8. The summed E-state index contributed by atoms with van der Waals surface area (Å²) in [5.41, 5.74) is 0.414. The fraction of sp³-hybridized carbons (Fsp3) is 0.273. The first kappa shape index (κ1) is 23.7. The minimum atomic E-state index is -3.51. The molecule has 1 N–H and O–H groups in total. The van der Waals surface area contributed by atoms with E-state index in [2.05, 4.69) is 10.3 Å². The summed E-state index contributed by atoms with van der Waals surface area (Å²) < 4.78 is 45.5. The lowest BCUT2D eigenvalue weighted by Crippen LogP contribution is -2.23. The number of carbonyl (C=O) groups is 1. The molecule has 0 aliphatic heterocycles. The molecule has 0 aliphatic rings. The number of anilines is 1. The number of ether oxygens (including phenoxy) is 1. The minimum absolute atomic E-state index is 0.0158. The van der Waals surface area contributed by atoms with Gasteiger partial charge in [0.1, 0.15) is 17.0 Å². The van der Waals surface area contributed by atoms with Gasteiger partial charge in [0.15, 0.2) is 15.7 Å². The van der Waals surface area contributed by atoms with Crippen molar-refractivity contribution < 1.29 is 22.3 Å². The van der Waals surface area contributed by atoms with Gasteiger partial charge in [0.25, 0.3) is 5.91 Å². The molecule has 0 spiro atoms. The second-order valence-electron chi connectivity index (χ2n) is 8.34. The van der Waals surface area contributed by atoms with Gasteiger partial charge in [-0.05, 0) is 45.0 Å². The van der Waals surface area contributed by atoms with Gasteiger partial charge < -0.3 is 14.6 Å². The standard InChI is InChI=1S/C22H23ClFN3O4S/c1-22(2,3)31-16-10-18(24)20(25-11-16)19-6-13(12-27(19)4)21(28)26-15-7-14(23)8-17(9-15)32(5,29)30/h6-12H,1-5H3,(H,26,28). The van der Waals surface area contributed by atoms with E-state index in [0.29, 0.717) is 11.4 Å². The number of sulfone groups is 1. The largest absolute Gasteiger partial charge is 0.486 e. The Morgan fingerprint density at radius 2 is 1.88 bits per heavy atom. The van der Waals surface area contributed by atoms with E-state index in [1.54, 1.807) is 11.6 Å². The van der Waals surface area contributed by atoms with E-state index >= 15 is 0 Å². The van der Waals surface area contributed by atoms with Crippen molar-refractivity contribution in [1.29, 1.82) is 0 Å². The third kappa shape index (κ3) is 5.66. The Labute approximate surface area is 191 Å². The first-order valence-corrected chi connectivity index (χ1v) is 11.8. The molecule has 3 rings (SSSR count). The van der Waals surface area contributed by atoms with Gasteiger partial charge in [0, 0.05) is 36.3 Å². The van der Waals surface area contributed by atoms with Gasteiger partial charge in [0.05, 0.1) is 22.3 Å². The molecule has 2 heterocycles. The van der Waals surface area contributed by atoms with Gasteiger partial charge in [-0.3, -0.25) is 4.79 Å². The Morgan fingerprint density at radius 3 is 2.47 bits per heavy atom. The summed E-state index contributed by atoms with van der Waals surface area (Å²) in [4.78, 5) is 16.9. The Balaban J connectivity index is 1.87. The van der Waals surface area contributed by atoms with Crippen molar-refractivity contribution in [1.82, 2.24) is 9.55 Å². The molecular weight excluding hydrogens is 457 g/mol. The van der Waals surface area contributed by atoms with Crippen LogP contribution in [0.2, 0.25) is 5.02 Å². The summed E-state index contributed by atoms with van der Waals surface area (Å²) in [5.74, 6) is -0.803. The molecule has 2 aromatic heterocycles. The van der Waals surface area contributed by atoms with Gasteiger partial charge in [0.2, 0.25) is 0 Å². The van der Waals surface area contributed by atoms with E-state index < -0.39 is 27.2 Å². The van der Waals surface area contributed by atoms with E-state index in [9.17, 15) is 17.6 Å². The van der Waals surface area contributed by atoms with Crippen molar-refractivity contribution >= 4 is 33.0 Å². The van der Waals surface area contributed by atoms with E-state index in [1.807, 2.05) is 20.8 Å². The second kappa shape index (κ2) is 8.55. The highest BCUT2D eigenvalue weighted by Crippen LogP contribution is 2.28. The maximum Gasteiger partial charge on any atom is 0.257 e. The number of nitrogens with one attached hydrogen (secondary N) is 1. The van der Waals surface area contributed by atoms with Crippen LogP contribution in [0, 0.1) is 5.82 Å². The molecular formula is C22H23ClFN3O4S. The summed E-state index contributed by atoms with van der Waals surface area (Å²) in [6.07, 6.45) is 4.00. The Hall–Kier alpha value is -2.91. The fourth-order valence-electron chi connectivity index (χ4n) is 2.99. The fourth-order valence-corrected chi connectivity index (χ4v) is 3.98. The number of aryl methyl sites for hydroxylation is 1. The molecule has 0 aliphatic carbocycles. The van der Waals surface area contributed by atoms with Crippen molar-refractivity contribution in [2.75, 3.05) is 11.6 Å². The first-order chi connectivity index (χ1) is 14.7. The lowest BCUT2D eigenvalue weighted by Gasteiger charge is -2.21. The molecule has 0 unspecified atom stereocenters. The third-order valence-electron chi connectivity index (χ3n) is 4.31. The summed E-state index contributed by atoms with van der Waals surface area (Å²) in [5, 5.41) is 2.79. The molecule has 0 saturated carbocycles. The highest BCUT2D eigenvalue weighted by Gasteiger charge is 2.19. The molecule has 1 aromatic carbocycles. The normalized spacial score (nSPS) is 12.0. The maximum atomic E-state index is 14.7. The molecule has 0 atom stereocenters. The van der Waals surface area contributed by atoms with Crippen LogP contribution < -0.4 is 10.1 Å². The molecule has 170 valence electrons. The van der Waals surface area contributed by atoms with Crippen LogP contribution in [0.5, 0.6) is 5.75 Å². The molecule has 0 bridgehead atoms. The maximum absolute atomic E-state index is 14.7. The topological polar surface area (TPSA) is 90.3 Å². The first-order valence-electron chi connectivity index (χ1n) is 9.56. The molecule has 0 fully saturated rings. The Morgan fingerprint density at radius 1 is 1.19 bits per heavy atom. The van der Waals surface area contributed by atoms with E-state index in [4.69, 9.17) is 16.3 Å². The zero-order valence-electron chi connectivity index (χ0n) is 18.2. The van der Waals surface area contributed by atoms with Crippen molar-refractivity contribution in [3.8, 4) is 17.1 Å². The van der Waals surface area contributed by atoms with Crippen LogP contribution in [-0.4, -0.2) is 35.7 Å². The average Bonchev–Trinajstić information content (AvgIpc) is 3.01. The van der Waals surface area contributed by atoms with E-state index in [-0.39, 0.29) is 26.9 Å². The second-order valence-corrected chi connectivity index (χ2v) is 10.8. The highest BCUT2D eigenvalue weighted by atomic mass is 35.5. The van der Waals surface area contributed by atoms with Crippen LogP contribution in [-0.2, 0) is 16.9 Å². The van der Waals surface area contributed by atoms with Crippen LogP contribution >= 0.6 is 11.6 Å². The van der Waals surface area contributed by atoms with E-state index in [1.165, 1.54) is 42.7 Å². The number of nitrogens with zero attached hydrogens (tertiary/aromatic N) is 2. The highest BCUT2D eigenvalue weighted by molar-refractivity contribution is 7.90. The molecule has 3 aromatic rings. The summed E-state index contributed by atoms with van der Waals surface area (Å²) in [7, 11) is -1.85. The number of hydrogen-bond donors (Lipinski definition) is 1. The summed E-state index contributed by atoms with van der Waals surface area (Å²) >= 11 is 5.99. The predicted molar refractivity (Wildman–Crippen MR) is 121 cm³/mol. The third-order valence-corrected chi connectivity index (χ3v) is 5.62. The van der Waals surface area contributed by atoms with Crippen LogP contribution in [0.1, 0.15) is 31.1 Å². The molecule has 32 heavy (non-hydrogen) atoms. The van der Waals surface area contributed by atoms with Crippen LogP contribution in [0.4, 0.5) is 10.1 Å². The minimum Gasteiger partial charge on any atom is -0.486 e. The van der Waals surface area contributed by atoms with E-state index in [0.717, 1.165) is 6.26 Å². The van der Waals surface area contributed by atoms with Crippen LogP contribution in [0.15, 0.2) is 47.6 Å². The SMILES string of the molecule is Cn1cc(C(=O)Nc2cc(Cl)cc(S(C)(=O)=O)c2)cc1-c1ncc(OC(C)(C)C)cc1F. The number of pyridine rings is 1. The van der Waals surface area contributed by atoms with Crippen molar-refractivity contribution in [3.05, 3.63) is 59.1 Å². The van der Waals surface area contributed by atoms with Gasteiger partial charge >= 0.3 is 0 Å². The lowest BCUT2D eigenvalue weighted by atomic mass is 10.2. The smallest absolute Gasteiger partial charge is 0.257 e. The van der Waals surface area contributed by atoms with Crippen LogP contribution in [0.25, 0.3) is 11.4 Å². The average molecular weight is 480 g/mol. The van der Waals surface area contributed by atoms with Crippen LogP contribution in [0.3, 0.4) is 0 Å². The van der Waals surface area contributed by atoms with Gasteiger partial charge in [-0.1, -0.05) is 11.6 Å². The predicted octanol–water partition coefficient (Wildman–Crippen LogP) is 4.71. The van der Waals surface area contributed by atoms with Gasteiger partial charge in [-0.2, -0.15) is 0 Å². The lowest BCUT2D eigenvalue weighted by molar-refractivity contribution is 0.102. The number of rotatable bonds is 5. The number of amides is 1. The number of hydrogen-bond acceptors (Lipinski definition) is 5. The molecule has 0 saturated heterocycles. The number of benzene rings is 1. The number of carbonyl (C=O) groups excluding carboxylic acids is 1. The zero-order chi connectivity index (χ0) is 23.8. The molecule has 10 heteroatoms. The molecule has 0 radical (unpaired) electrons. The van der Waals surface area contributed by atoms with Gasteiger partial charge in [-0.15, -0.1) is 0 Å². The number of halogens is 2. The molecule has 1 amide bonds. The number of aromatic nitrogens is 2. The van der Waals surface area contributed by atoms with Crippen molar-refractivity contribution in [3.63, 3.8) is 0 Å².